The number of nitrogens with zero attached hydrogens (tertiary/aromatic N) is 9. The van der Waals surface area contributed by atoms with Crippen LogP contribution in [0.1, 0.15) is 12.2 Å². The van der Waals surface area contributed by atoms with Gasteiger partial charge >= 0.3 is 0 Å². The van der Waals surface area contributed by atoms with E-state index in [1.165, 1.54) is 29.1 Å². The summed E-state index contributed by atoms with van der Waals surface area (Å²) in [7, 11) is 3.30. The Kier molecular flexibility index (Phi) is 7.83. The molecule has 3 atom stereocenters. The standard InChI is InChI=1S/C34H30ClF3N10O2/c1-17-40-26-11-19(37)9-22-25-5-4-6-29(42-25)41-20-12-28(33(49)45(2)15-21(50-3)16-46(17)30(22)26)47(14-20)31-23-13-39-48(32(23)44-34(35)43-31)27-8-7-18(36)10-24(27)38/h4-11,13,20-21,28H,12,14-16H2,1-3H3,(H,41,42). The van der Waals surface area contributed by atoms with Crippen LogP contribution < -0.4 is 10.2 Å². The highest BCUT2D eigenvalue weighted by Crippen LogP contribution is 2.35. The molecule has 2 aromatic carbocycles. The highest BCUT2D eigenvalue weighted by atomic mass is 35.5. The average molecular weight is 703 g/mol. The molecule has 3 unspecified atom stereocenters. The van der Waals surface area contributed by atoms with Crippen molar-refractivity contribution in [3.05, 3.63) is 83.3 Å². The zero-order valence-electron chi connectivity index (χ0n) is 27.1. The molecule has 0 saturated carbocycles. The summed E-state index contributed by atoms with van der Waals surface area (Å²) in [6.45, 7) is 2.73. The fourth-order valence-electron chi connectivity index (χ4n) is 7.03. The van der Waals surface area contributed by atoms with Gasteiger partial charge in [0.1, 0.15) is 40.8 Å². The Hall–Kier alpha value is -5.28. The maximum absolute atomic E-state index is 15.0. The zero-order valence-corrected chi connectivity index (χ0v) is 27.9. The lowest BCUT2D eigenvalue weighted by Crippen LogP contribution is -2.47. The first kappa shape index (κ1) is 32.0. The van der Waals surface area contributed by atoms with Gasteiger partial charge in [-0.25, -0.2) is 27.8 Å². The van der Waals surface area contributed by atoms with Gasteiger partial charge in [0, 0.05) is 51.0 Å². The SMILES string of the molecule is COC1CN(C)C(=O)C2CC(CN2c2nc(Cl)nc3c2cnn3-c2ccc(F)cc2F)Nc2cccc(n2)-c2cc(F)cc3nc(C)n(c23)C1. The number of nitrogens with one attached hydrogen (secondary N) is 1. The topological polar surface area (TPSA) is 119 Å². The molecule has 0 spiro atoms. The number of anilines is 2. The molecule has 1 saturated heterocycles. The number of fused-ring (bicyclic) bond motifs is 6. The van der Waals surface area contributed by atoms with E-state index in [0.717, 1.165) is 17.6 Å². The van der Waals surface area contributed by atoms with Crippen LogP contribution in [0.2, 0.25) is 5.28 Å². The van der Waals surface area contributed by atoms with E-state index < -0.39 is 29.6 Å². The Morgan fingerprint density at radius 1 is 0.980 bits per heavy atom. The molecule has 2 aliphatic heterocycles. The Bertz CT molecular complexity index is 2310. The molecular formula is C34H30ClF3N10O2. The number of rotatable bonds is 3. The minimum Gasteiger partial charge on any atom is -0.378 e. The molecule has 12 nitrogen and oxygen atoms in total. The highest BCUT2D eigenvalue weighted by Gasteiger charge is 2.41. The van der Waals surface area contributed by atoms with E-state index in [-0.39, 0.29) is 35.1 Å². The van der Waals surface area contributed by atoms with Gasteiger partial charge in [-0.05, 0) is 55.3 Å². The van der Waals surface area contributed by atoms with Crippen molar-refractivity contribution in [2.24, 2.45) is 0 Å². The first-order valence-corrected chi connectivity index (χ1v) is 16.3. The maximum Gasteiger partial charge on any atom is 0.245 e. The second-order valence-electron chi connectivity index (χ2n) is 12.5. The number of pyridine rings is 1. The molecule has 16 heteroatoms. The number of carbonyl (C=O) groups is 1. The molecule has 1 fully saturated rings. The Morgan fingerprint density at radius 3 is 2.62 bits per heavy atom. The molecule has 6 aromatic rings. The minimum absolute atomic E-state index is 0.0275. The van der Waals surface area contributed by atoms with Crippen molar-refractivity contribution in [2.75, 3.05) is 37.5 Å². The number of aryl methyl sites for hydroxylation is 1. The molecule has 4 aromatic heterocycles. The van der Waals surface area contributed by atoms with Crippen molar-refractivity contribution < 1.29 is 22.7 Å². The van der Waals surface area contributed by atoms with Crippen LogP contribution in [0.3, 0.4) is 0 Å². The van der Waals surface area contributed by atoms with Crippen LogP contribution in [0.15, 0.2) is 54.7 Å². The predicted molar refractivity (Wildman–Crippen MR) is 181 cm³/mol. The molecule has 256 valence electrons. The first-order valence-electron chi connectivity index (χ1n) is 15.9. The fourth-order valence-corrected chi connectivity index (χ4v) is 7.19. The van der Waals surface area contributed by atoms with Crippen LogP contribution in [0.5, 0.6) is 0 Å². The number of halogens is 4. The molecule has 0 aliphatic carbocycles. The summed E-state index contributed by atoms with van der Waals surface area (Å²) in [6.07, 6.45) is 1.39. The van der Waals surface area contributed by atoms with Crippen molar-refractivity contribution in [1.82, 2.24) is 39.2 Å². The number of carbonyl (C=O) groups excluding carboxylic acids is 1. The summed E-state index contributed by atoms with van der Waals surface area (Å²) < 4.78 is 52.6. The molecule has 0 radical (unpaired) electrons. The van der Waals surface area contributed by atoms with E-state index in [2.05, 4.69) is 25.4 Å². The van der Waals surface area contributed by atoms with Gasteiger partial charge in [0.2, 0.25) is 11.2 Å². The van der Waals surface area contributed by atoms with Crippen LogP contribution in [-0.2, 0) is 16.1 Å². The number of imidazole rings is 1. The van der Waals surface area contributed by atoms with Crippen molar-refractivity contribution in [1.29, 1.82) is 0 Å². The summed E-state index contributed by atoms with van der Waals surface area (Å²) in [5, 5.41) is 8.09. The van der Waals surface area contributed by atoms with Gasteiger partial charge in [0.25, 0.3) is 0 Å². The van der Waals surface area contributed by atoms with E-state index in [1.54, 1.807) is 19.1 Å². The summed E-state index contributed by atoms with van der Waals surface area (Å²) in [4.78, 5) is 36.2. The molecular weight excluding hydrogens is 673 g/mol. The summed E-state index contributed by atoms with van der Waals surface area (Å²) in [5.41, 5.74) is 2.51. The first-order chi connectivity index (χ1) is 24.1. The average Bonchev–Trinajstić information content (AvgIpc) is 3.78. The predicted octanol–water partition coefficient (Wildman–Crippen LogP) is 5.15. The third kappa shape index (κ3) is 5.46. The number of amides is 1. The van der Waals surface area contributed by atoms with E-state index in [9.17, 15) is 18.0 Å². The summed E-state index contributed by atoms with van der Waals surface area (Å²) >= 11 is 6.46. The van der Waals surface area contributed by atoms with Gasteiger partial charge in [-0.3, -0.25) is 4.79 Å². The van der Waals surface area contributed by atoms with Gasteiger partial charge in [-0.1, -0.05) is 6.07 Å². The second-order valence-corrected chi connectivity index (χ2v) is 12.9. The maximum atomic E-state index is 15.0. The number of benzene rings is 2. The molecule has 4 bridgehead atoms. The van der Waals surface area contributed by atoms with Crippen molar-refractivity contribution >= 4 is 51.2 Å². The third-order valence-corrected chi connectivity index (χ3v) is 9.49. The largest absolute Gasteiger partial charge is 0.378 e. The van der Waals surface area contributed by atoms with E-state index in [4.69, 9.17) is 21.3 Å². The Labute approximate surface area is 288 Å². The minimum atomic E-state index is -0.834. The third-order valence-electron chi connectivity index (χ3n) is 9.32. The van der Waals surface area contributed by atoms with Gasteiger partial charge in [-0.2, -0.15) is 15.1 Å². The van der Waals surface area contributed by atoms with Crippen LogP contribution >= 0.6 is 11.6 Å². The van der Waals surface area contributed by atoms with Gasteiger partial charge in [0.15, 0.2) is 11.5 Å². The van der Waals surface area contributed by atoms with Crippen LogP contribution in [0, 0.1) is 24.4 Å². The number of methoxy groups -OCH3 is 1. The van der Waals surface area contributed by atoms with Crippen molar-refractivity contribution in [3.63, 3.8) is 0 Å². The summed E-state index contributed by atoms with van der Waals surface area (Å²) in [5.74, 6) is -0.665. The Balaban J connectivity index is 1.24. The Morgan fingerprint density at radius 2 is 1.82 bits per heavy atom. The number of ether oxygens (including phenoxy) is 1. The van der Waals surface area contributed by atoms with Gasteiger partial charge in [-0.15, -0.1) is 0 Å². The zero-order chi connectivity index (χ0) is 34.8. The molecule has 1 amide bonds. The molecule has 50 heavy (non-hydrogen) atoms. The highest BCUT2D eigenvalue weighted by molar-refractivity contribution is 6.28. The van der Waals surface area contributed by atoms with Gasteiger partial charge < -0.3 is 24.4 Å². The second kappa shape index (κ2) is 12.2. The summed E-state index contributed by atoms with van der Waals surface area (Å²) in [6, 6.07) is 10.5. The lowest BCUT2D eigenvalue weighted by Gasteiger charge is -2.31. The lowest BCUT2D eigenvalue weighted by atomic mass is 10.1. The van der Waals surface area contributed by atoms with Crippen LogP contribution in [0.4, 0.5) is 24.8 Å². The number of hydrogen-bond acceptors (Lipinski definition) is 9. The molecule has 8 rings (SSSR count). The van der Waals surface area contributed by atoms with Crippen molar-refractivity contribution in [2.45, 2.75) is 38.1 Å². The quantitative estimate of drug-likeness (QED) is 0.250. The molecule has 1 N–H and O–H groups in total. The van der Waals surface area contributed by atoms with Gasteiger partial charge in [0.05, 0.1) is 41.0 Å². The van der Waals surface area contributed by atoms with Crippen LogP contribution in [0.25, 0.3) is 39.0 Å². The van der Waals surface area contributed by atoms with E-state index in [1.807, 2.05) is 34.6 Å². The van der Waals surface area contributed by atoms with E-state index >= 15 is 0 Å². The number of likely N-dealkylation sites (N-methyl/N-ethyl adjacent to an activating group) is 1. The molecule has 2 aliphatic rings. The van der Waals surface area contributed by atoms with E-state index in [0.29, 0.717) is 59.1 Å². The number of aromatic nitrogens is 7. The molecule has 6 heterocycles. The number of hydrogen-bond donors (Lipinski definition) is 1. The monoisotopic (exact) mass is 702 g/mol. The lowest BCUT2D eigenvalue weighted by molar-refractivity contribution is -0.132. The smallest absolute Gasteiger partial charge is 0.245 e. The van der Waals surface area contributed by atoms with Crippen LogP contribution in [-0.4, -0.2) is 90.5 Å². The normalized spacial score (nSPS) is 19.6. The van der Waals surface area contributed by atoms with Crippen molar-refractivity contribution in [3.8, 4) is 16.9 Å². The fraction of sp³-hybridized carbons (Fsp3) is 0.294.